The summed E-state index contributed by atoms with van der Waals surface area (Å²) in [5.74, 6) is 0. The minimum atomic E-state index is -3.29. The van der Waals surface area contributed by atoms with E-state index in [1.54, 1.807) is 4.90 Å². The number of carbonyl (C=O) groups is 1. The van der Waals surface area contributed by atoms with Gasteiger partial charge in [0.15, 0.2) is 0 Å². The van der Waals surface area contributed by atoms with Crippen molar-refractivity contribution in [3.05, 3.63) is 42.5 Å². The highest BCUT2D eigenvalue weighted by Gasteiger charge is 2.25. The van der Waals surface area contributed by atoms with Gasteiger partial charge in [0.05, 0.1) is 6.26 Å². The lowest BCUT2D eigenvalue weighted by molar-refractivity contribution is 0.190. The molecule has 0 saturated carbocycles. The lowest BCUT2D eigenvalue weighted by Crippen LogP contribution is -2.50. The largest absolute Gasteiger partial charge is 0.341 e. The molecule has 1 saturated heterocycles. The van der Waals surface area contributed by atoms with Gasteiger partial charge < -0.3 is 14.8 Å². The van der Waals surface area contributed by atoms with Crippen molar-refractivity contribution in [1.82, 2.24) is 14.2 Å². The van der Waals surface area contributed by atoms with Crippen LogP contribution in [0.5, 0.6) is 0 Å². The fraction of sp³-hybridized carbons (Fsp3) is 0.381. The molecule has 2 N–H and O–H groups in total. The Labute approximate surface area is 170 Å². The second-order valence-electron chi connectivity index (χ2n) is 7.60. The zero-order valence-corrected chi connectivity index (χ0v) is 17.5. The van der Waals surface area contributed by atoms with Crippen LogP contribution in [-0.4, -0.2) is 49.3 Å². The van der Waals surface area contributed by atoms with E-state index in [0.717, 1.165) is 47.6 Å². The van der Waals surface area contributed by atoms with Gasteiger partial charge >= 0.3 is 6.03 Å². The number of amides is 2. The molecule has 29 heavy (non-hydrogen) atoms. The molecule has 0 radical (unpaired) electrons. The number of hydrogen-bond acceptors (Lipinski definition) is 3. The van der Waals surface area contributed by atoms with Crippen LogP contribution in [0.25, 0.3) is 21.8 Å². The van der Waals surface area contributed by atoms with Crippen LogP contribution < -0.4 is 10.0 Å². The van der Waals surface area contributed by atoms with Crippen LogP contribution in [0.1, 0.15) is 19.8 Å². The normalized spacial score (nSPS) is 17.7. The number of aromatic nitrogens is 1. The number of likely N-dealkylation sites (tertiary alicyclic amines) is 1. The molecule has 2 amide bonds. The van der Waals surface area contributed by atoms with E-state index in [1.165, 1.54) is 5.52 Å². The van der Waals surface area contributed by atoms with Gasteiger partial charge in [-0.2, -0.15) is 0 Å². The Kier molecular flexibility index (Phi) is 5.23. The van der Waals surface area contributed by atoms with E-state index in [-0.39, 0.29) is 12.1 Å². The Balaban J connectivity index is 1.56. The predicted octanol–water partition coefficient (Wildman–Crippen LogP) is 3.36. The van der Waals surface area contributed by atoms with Gasteiger partial charge in [0.1, 0.15) is 0 Å². The molecule has 1 atom stereocenters. The Morgan fingerprint density at radius 2 is 1.90 bits per heavy atom. The SMILES string of the molecule is CCn1c2ccccc2c2cc(NC(=O)N3CCC[C@@H](NS(C)(=O)=O)C3)ccc21. The van der Waals surface area contributed by atoms with Gasteiger partial charge in [-0.1, -0.05) is 18.2 Å². The van der Waals surface area contributed by atoms with Gasteiger partial charge in [-0.05, 0) is 44.0 Å². The second kappa shape index (κ2) is 7.68. The summed E-state index contributed by atoms with van der Waals surface area (Å²) < 4.78 is 27.9. The molecule has 1 fully saturated rings. The number of fused-ring (bicyclic) bond motifs is 3. The summed E-state index contributed by atoms with van der Waals surface area (Å²) in [6.45, 7) is 3.98. The van der Waals surface area contributed by atoms with Crippen LogP contribution in [0.4, 0.5) is 10.5 Å². The van der Waals surface area contributed by atoms with E-state index in [1.807, 2.05) is 30.3 Å². The van der Waals surface area contributed by atoms with Crippen molar-refractivity contribution >= 4 is 43.5 Å². The second-order valence-corrected chi connectivity index (χ2v) is 9.38. The number of sulfonamides is 1. The van der Waals surface area contributed by atoms with E-state index in [0.29, 0.717) is 13.1 Å². The molecule has 1 aromatic heterocycles. The van der Waals surface area contributed by atoms with Gasteiger partial charge in [-0.25, -0.2) is 17.9 Å². The molecular formula is C21H26N4O3S. The summed E-state index contributed by atoms with van der Waals surface area (Å²) in [5.41, 5.74) is 3.06. The zero-order valence-electron chi connectivity index (χ0n) is 16.7. The molecule has 4 rings (SSSR count). The molecule has 1 aliphatic heterocycles. The van der Waals surface area contributed by atoms with Crippen LogP contribution in [0, 0.1) is 0 Å². The molecule has 0 unspecified atom stereocenters. The number of aryl methyl sites for hydroxylation is 1. The van der Waals surface area contributed by atoms with Crippen molar-refractivity contribution in [2.45, 2.75) is 32.4 Å². The Hall–Kier alpha value is -2.58. The molecule has 8 heteroatoms. The molecule has 1 aliphatic rings. The first kappa shape index (κ1) is 19.7. The Morgan fingerprint density at radius 1 is 1.14 bits per heavy atom. The van der Waals surface area contributed by atoms with E-state index in [4.69, 9.17) is 0 Å². The van der Waals surface area contributed by atoms with Crippen molar-refractivity contribution in [2.75, 3.05) is 24.7 Å². The maximum atomic E-state index is 12.8. The number of piperidine rings is 1. The topological polar surface area (TPSA) is 83.4 Å². The van der Waals surface area contributed by atoms with Crippen LogP contribution in [0.15, 0.2) is 42.5 Å². The first-order chi connectivity index (χ1) is 13.9. The molecule has 154 valence electrons. The zero-order chi connectivity index (χ0) is 20.6. The molecule has 0 spiro atoms. The van der Waals surface area contributed by atoms with Gasteiger partial charge in [-0.15, -0.1) is 0 Å². The van der Waals surface area contributed by atoms with Crippen molar-refractivity contribution in [3.8, 4) is 0 Å². The summed E-state index contributed by atoms with van der Waals surface area (Å²) in [5, 5.41) is 5.25. The fourth-order valence-corrected chi connectivity index (χ4v) is 5.03. The first-order valence-corrected chi connectivity index (χ1v) is 11.8. The van der Waals surface area contributed by atoms with Crippen LogP contribution >= 0.6 is 0 Å². The predicted molar refractivity (Wildman–Crippen MR) is 117 cm³/mol. The van der Waals surface area contributed by atoms with E-state index < -0.39 is 10.0 Å². The average Bonchev–Trinajstić information content (AvgIpc) is 3.00. The summed E-state index contributed by atoms with van der Waals surface area (Å²) in [4.78, 5) is 14.4. The van der Waals surface area contributed by atoms with Gasteiger partial charge in [0.25, 0.3) is 0 Å². The van der Waals surface area contributed by atoms with Gasteiger partial charge in [0, 0.05) is 53.2 Å². The van der Waals surface area contributed by atoms with Crippen LogP contribution in [-0.2, 0) is 16.6 Å². The Morgan fingerprint density at radius 3 is 2.66 bits per heavy atom. The quantitative estimate of drug-likeness (QED) is 0.687. The number of nitrogens with zero attached hydrogens (tertiary/aromatic N) is 2. The third kappa shape index (κ3) is 4.09. The monoisotopic (exact) mass is 414 g/mol. The number of anilines is 1. The number of hydrogen-bond donors (Lipinski definition) is 2. The van der Waals surface area contributed by atoms with Crippen LogP contribution in [0.3, 0.4) is 0 Å². The highest BCUT2D eigenvalue weighted by atomic mass is 32.2. The van der Waals surface area contributed by atoms with Gasteiger partial charge in [-0.3, -0.25) is 0 Å². The minimum absolute atomic E-state index is 0.205. The average molecular weight is 415 g/mol. The summed E-state index contributed by atoms with van der Waals surface area (Å²) in [6.07, 6.45) is 2.65. The smallest absolute Gasteiger partial charge is 0.321 e. The molecule has 0 bridgehead atoms. The molecular weight excluding hydrogens is 388 g/mol. The minimum Gasteiger partial charge on any atom is -0.341 e. The summed E-state index contributed by atoms with van der Waals surface area (Å²) in [6, 6.07) is 13.8. The molecule has 2 heterocycles. The van der Waals surface area contributed by atoms with Crippen molar-refractivity contribution in [2.24, 2.45) is 0 Å². The maximum absolute atomic E-state index is 12.8. The highest BCUT2D eigenvalue weighted by molar-refractivity contribution is 7.88. The van der Waals surface area contributed by atoms with Gasteiger partial charge in [0.2, 0.25) is 10.0 Å². The molecule has 3 aromatic rings. The molecule has 2 aromatic carbocycles. The van der Waals surface area contributed by atoms with Crippen molar-refractivity contribution in [1.29, 1.82) is 0 Å². The number of rotatable bonds is 4. The lowest BCUT2D eigenvalue weighted by Gasteiger charge is -2.32. The third-order valence-corrected chi connectivity index (χ3v) is 6.19. The van der Waals surface area contributed by atoms with Crippen molar-refractivity contribution in [3.63, 3.8) is 0 Å². The number of carbonyl (C=O) groups excluding carboxylic acids is 1. The molecule has 7 nitrogen and oxygen atoms in total. The maximum Gasteiger partial charge on any atom is 0.321 e. The number of para-hydroxylation sites is 1. The van der Waals surface area contributed by atoms with E-state index in [2.05, 4.69) is 33.7 Å². The number of benzene rings is 2. The first-order valence-electron chi connectivity index (χ1n) is 9.90. The lowest BCUT2D eigenvalue weighted by atomic mass is 10.1. The van der Waals surface area contributed by atoms with Crippen LogP contribution in [0.2, 0.25) is 0 Å². The van der Waals surface area contributed by atoms with E-state index >= 15 is 0 Å². The summed E-state index contributed by atoms with van der Waals surface area (Å²) >= 11 is 0. The number of nitrogens with one attached hydrogen (secondary N) is 2. The fourth-order valence-electron chi connectivity index (χ4n) is 4.24. The third-order valence-electron chi connectivity index (χ3n) is 5.43. The molecule has 0 aliphatic carbocycles. The summed E-state index contributed by atoms with van der Waals surface area (Å²) in [7, 11) is -3.29. The highest BCUT2D eigenvalue weighted by Crippen LogP contribution is 2.31. The van der Waals surface area contributed by atoms with Crippen molar-refractivity contribution < 1.29 is 13.2 Å². The van der Waals surface area contributed by atoms with E-state index in [9.17, 15) is 13.2 Å². The number of urea groups is 1. The Bertz CT molecular complexity index is 1170. The standard InChI is InChI=1S/C21H26N4O3S/c1-3-25-19-9-5-4-8-17(19)18-13-15(10-11-20(18)25)22-21(26)24-12-6-7-16(14-24)23-29(2,27)28/h4-5,8-11,13,16,23H,3,6-7,12,14H2,1-2H3,(H,22,26)/t16-/m1/s1.